The first-order valence-corrected chi connectivity index (χ1v) is 8.52. The van der Waals surface area contributed by atoms with E-state index in [0.29, 0.717) is 18.1 Å². The lowest BCUT2D eigenvalue weighted by Gasteiger charge is -2.43. The molecule has 0 bridgehead atoms. The molecular formula is C16H28N2S. The van der Waals surface area contributed by atoms with Crippen LogP contribution in [0.5, 0.6) is 0 Å². The summed E-state index contributed by atoms with van der Waals surface area (Å²) in [6.07, 6.45) is 2.49. The number of piperazine rings is 1. The van der Waals surface area contributed by atoms with Crippen molar-refractivity contribution in [2.75, 3.05) is 13.1 Å². The van der Waals surface area contributed by atoms with Gasteiger partial charge in [-0.15, -0.1) is 11.3 Å². The highest BCUT2D eigenvalue weighted by Crippen LogP contribution is 2.31. The van der Waals surface area contributed by atoms with Gasteiger partial charge in [-0.05, 0) is 37.1 Å². The first kappa shape index (κ1) is 15.0. The Morgan fingerprint density at radius 1 is 1.47 bits per heavy atom. The monoisotopic (exact) mass is 280 g/mol. The molecule has 1 N–H and O–H groups in total. The molecule has 0 spiro atoms. The molecule has 2 heterocycles. The highest BCUT2D eigenvalue weighted by atomic mass is 32.1. The summed E-state index contributed by atoms with van der Waals surface area (Å²) in [6.45, 7) is 11.6. The molecule has 2 rings (SSSR count). The second kappa shape index (κ2) is 6.87. The third kappa shape index (κ3) is 3.80. The molecule has 3 atom stereocenters. The van der Waals surface area contributed by atoms with Crippen LogP contribution in [0.4, 0.5) is 0 Å². The van der Waals surface area contributed by atoms with Crippen LogP contribution >= 0.6 is 11.3 Å². The Labute approximate surface area is 122 Å². The topological polar surface area (TPSA) is 15.3 Å². The molecule has 1 fully saturated rings. The summed E-state index contributed by atoms with van der Waals surface area (Å²) in [5.74, 6) is 0.773. The smallest absolute Gasteiger partial charge is 0.0442 e. The lowest BCUT2D eigenvalue weighted by molar-refractivity contribution is 0.0836. The predicted molar refractivity (Wildman–Crippen MR) is 84.8 cm³/mol. The Bertz CT molecular complexity index is 361. The van der Waals surface area contributed by atoms with Crippen LogP contribution in [0.3, 0.4) is 0 Å². The average molecular weight is 280 g/mol. The standard InChI is InChI=1S/C16H28N2S/c1-5-15(16-7-6-8-19-16)18-11-14(9-12(2)3)17-10-13(18)4/h6-8,12-15,17H,5,9-11H2,1-4H3. The van der Waals surface area contributed by atoms with Gasteiger partial charge in [-0.1, -0.05) is 26.8 Å². The van der Waals surface area contributed by atoms with Gasteiger partial charge >= 0.3 is 0 Å². The van der Waals surface area contributed by atoms with Crippen molar-refractivity contribution in [2.45, 2.75) is 58.7 Å². The first-order valence-electron chi connectivity index (χ1n) is 7.64. The van der Waals surface area contributed by atoms with Crippen molar-refractivity contribution in [1.29, 1.82) is 0 Å². The molecule has 1 aliphatic heterocycles. The van der Waals surface area contributed by atoms with E-state index in [1.807, 2.05) is 11.3 Å². The van der Waals surface area contributed by atoms with Gasteiger partial charge in [0.05, 0.1) is 0 Å². The largest absolute Gasteiger partial charge is 0.311 e. The second-order valence-electron chi connectivity index (χ2n) is 6.22. The quantitative estimate of drug-likeness (QED) is 0.880. The minimum absolute atomic E-state index is 0.603. The van der Waals surface area contributed by atoms with Crippen LogP contribution in [0.25, 0.3) is 0 Å². The van der Waals surface area contributed by atoms with E-state index in [0.717, 1.165) is 12.5 Å². The van der Waals surface area contributed by atoms with Crippen LogP contribution in [0, 0.1) is 5.92 Å². The fraction of sp³-hybridized carbons (Fsp3) is 0.750. The van der Waals surface area contributed by atoms with Gasteiger partial charge in [0.1, 0.15) is 0 Å². The first-order chi connectivity index (χ1) is 9.11. The van der Waals surface area contributed by atoms with Crippen LogP contribution < -0.4 is 5.32 Å². The van der Waals surface area contributed by atoms with E-state index in [1.165, 1.54) is 24.3 Å². The third-order valence-corrected chi connectivity index (χ3v) is 5.09. The van der Waals surface area contributed by atoms with Crippen LogP contribution in [0.1, 0.15) is 51.5 Å². The Kier molecular flexibility index (Phi) is 5.43. The van der Waals surface area contributed by atoms with Crippen LogP contribution in [-0.4, -0.2) is 30.1 Å². The van der Waals surface area contributed by atoms with E-state index in [1.54, 1.807) is 0 Å². The normalized spacial score (nSPS) is 26.8. The molecule has 19 heavy (non-hydrogen) atoms. The van der Waals surface area contributed by atoms with Gasteiger partial charge in [-0.3, -0.25) is 4.90 Å². The maximum absolute atomic E-state index is 3.72. The Hall–Kier alpha value is -0.380. The Morgan fingerprint density at radius 3 is 2.84 bits per heavy atom. The summed E-state index contributed by atoms with van der Waals surface area (Å²) in [7, 11) is 0. The van der Waals surface area contributed by atoms with Gasteiger partial charge in [0.2, 0.25) is 0 Å². The van der Waals surface area contributed by atoms with Crippen molar-refractivity contribution in [2.24, 2.45) is 5.92 Å². The fourth-order valence-corrected chi connectivity index (χ4v) is 4.13. The number of hydrogen-bond acceptors (Lipinski definition) is 3. The van der Waals surface area contributed by atoms with Gasteiger partial charge in [-0.2, -0.15) is 0 Å². The van der Waals surface area contributed by atoms with Crippen molar-refractivity contribution in [1.82, 2.24) is 10.2 Å². The number of nitrogens with zero attached hydrogens (tertiary/aromatic N) is 1. The highest BCUT2D eigenvalue weighted by molar-refractivity contribution is 7.10. The molecule has 0 saturated carbocycles. The van der Waals surface area contributed by atoms with Crippen molar-refractivity contribution >= 4 is 11.3 Å². The summed E-state index contributed by atoms with van der Waals surface area (Å²) < 4.78 is 0. The summed E-state index contributed by atoms with van der Waals surface area (Å²) in [5.41, 5.74) is 0. The fourth-order valence-electron chi connectivity index (χ4n) is 3.19. The van der Waals surface area contributed by atoms with E-state index in [-0.39, 0.29) is 0 Å². The molecule has 0 aromatic carbocycles. The molecule has 1 saturated heterocycles. The molecule has 2 nitrogen and oxygen atoms in total. The molecule has 1 aliphatic rings. The number of nitrogens with one attached hydrogen (secondary N) is 1. The van der Waals surface area contributed by atoms with E-state index in [9.17, 15) is 0 Å². The molecule has 0 amide bonds. The van der Waals surface area contributed by atoms with Gasteiger partial charge in [0.15, 0.2) is 0 Å². The maximum Gasteiger partial charge on any atom is 0.0442 e. The van der Waals surface area contributed by atoms with Crippen LogP contribution in [-0.2, 0) is 0 Å². The molecule has 108 valence electrons. The van der Waals surface area contributed by atoms with E-state index in [4.69, 9.17) is 0 Å². The van der Waals surface area contributed by atoms with Crippen LogP contribution in [0.2, 0.25) is 0 Å². The van der Waals surface area contributed by atoms with Crippen molar-refractivity contribution in [3.05, 3.63) is 22.4 Å². The molecule has 3 heteroatoms. The van der Waals surface area contributed by atoms with Gasteiger partial charge in [0, 0.05) is 36.1 Å². The Balaban J connectivity index is 2.07. The summed E-state index contributed by atoms with van der Waals surface area (Å²) in [5, 5.41) is 5.92. The summed E-state index contributed by atoms with van der Waals surface area (Å²) in [6, 6.07) is 6.37. The molecule has 3 unspecified atom stereocenters. The zero-order valence-electron chi connectivity index (χ0n) is 12.7. The SMILES string of the molecule is CCC(c1cccs1)N1CC(CC(C)C)NCC1C. The van der Waals surface area contributed by atoms with Crippen molar-refractivity contribution < 1.29 is 0 Å². The van der Waals surface area contributed by atoms with Gasteiger partial charge in [-0.25, -0.2) is 0 Å². The summed E-state index contributed by atoms with van der Waals surface area (Å²) in [4.78, 5) is 4.24. The second-order valence-corrected chi connectivity index (χ2v) is 7.20. The molecule has 1 aromatic heterocycles. The minimum atomic E-state index is 0.603. The van der Waals surface area contributed by atoms with E-state index in [2.05, 4.69) is 55.4 Å². The predicted octanol–water partition coefficient (Wildman–Crippen LogP) is 3.91. The Morgan fingerprint density at radius 2 is 2.26 bits per heavy atom. The number of hydrogen-bond donors (Lipinski definition) is 1. The molecule has 1 aromatic rings. The molecule has 0 aliphatic carbocycles. The molecule has 0 radical (unpaired) electrons. The lowest BCUT2D eigenvalue weighted by atomic mass is 9.98. The van der Waals surface area contributed by atoms with Crippen molar-refractivity contribution in [3.8, 4) is 0 Å². The zero-order valence-corrected chi connectivity index (χ0v) is 13.5. The van der Waals surface area contributed by atoms with E-state index < -0.39 is 0 Å². The average Bonchev–Trinajstić information content (AvgIpc) is 2.87. The zero-order chi connectivity index (χ0) is 13.8. The summed E-state index contributed by atoms with van der Waals surface area (Å²) >= 11 is 1.90. The molecular weight excluding hydrogens is 252 g/mol. The van der Waals surface area contributed by atoms with Gasteiger partial charge < -0.3 is 5.32 Å². The lowest BCUT2D eigenvalue weighted by Crippen LogP contribution is -2.56. The minimum Gasteiger partial charge on any atom is -0.311 e. The van der Waals surface area contributed by atoms with E-state index >= 15 is 0 Å². The van der Waals surface area contributed by atoms with Crippen LogP contribution in [0.15, 0.2) is 17.5 Å². The number of thiophene rings is 1. The van der Waals surface area contributed by atoms with Gasteiger partial charge in [0.25, 0.3) is 0 Å². The third-order valence-electron chi connectivity index (χ3n) is 4.11. The number of rotatable bonds is 5. The maximum atomic E-state index is 3.72. The highest BCUT2D eigenvalue weighted by Gasteiger charge is 2.30. The van der Waals surface area contributed by atoms with Crippen molar-refractivity contribution in [3.63, 3.8) is 0 Å².